The Morgan fingerprint density at radius 1 is 0.663 bits per heavy atom. The summed E-state index contributed by atoms with van der Waals surface area (Å²) in [5.41, 5.74) is 9.09. The van der Waals surface area contributed by atoms with Crippen LogP contribution in [0.15, 0.2) is 158 Å². The summed E-state index contributed by atoms with van der Waals surface area (Å²) in [5.74, 6) is 1.75. The number of anilines is 1. The highest BCUT2D eigenvalue weighted by Gasteiger charge is 2.45. The molecular formula is C69H75ClN10O9S3. The zero-order chi connectivity index (χ0) is 65.4. The first-order valence-corrected chi connectivity index (χ1v) is 34.5. The van der Waals surface area contributed by atoms with Crippen molar-refractivity contribution in [2.45, 2.75) is 122 Å². The molecule has 5 amide bonds. The van der Waals surface area contributed by atoms with Crippen molar-refractivity contribution in [2.24, 2.45) is 31.8 Å². The van der Waals surface area contributed by atoms with Crippen LogP contribution >= 0.6 is 35.1 Å². The molecular weight excluding hydrogens is 1240 g/mol. The van der Waals surface area contributed by atoms with Gasteiger partial charge in [-0.15, -0.1) is 0 Å². The summed E-state index contributed by atoms with van der Waals surface area (Å²) in [7, 11) is -3.78. The van der Waals surface area contributed by atoms with E-state index >= 15 is 0 Å². The molecule has 6 aliphatic heterocycles. The summed E-state index contributed by atoms with van der Waals surface area (Å²) >= 11 is 8.63. The van der Waals surface area contributed by atoms with Gasteiger partial charge in [-0.1, -0.05) is 154 Å². The Kier molecular flexibility index (Phi) is 21.5. The number of para-hydroxylation sites is 2. The first kappa shape index (κ1) is 66.8. The van der Waals surface area contributed by atoms with Crippen molar-refractivity contribution in [1.29, 1.82) is 0 Å². The molecule has 1 fully saturated rings. The molecule has 6 aliphatic rings. The Labute approximate surface area is 551 Å². The van der Waals surface area contributed by atoms with Crippen LogP contribution in [0.3, 0.4) is 0 Å². The molecule has 6 aromatic carbocycles. The molecule has 6 aromatic rings. The second-order valence-corrected chi connectivity index (χ2v) is 28.2. The highest BCUT2D eigenvalue weighted by atomic mass is 35.5. The Hall–Kier alpha value is -8.15. The fourth-order valence-electron chi connectivity index (χ4n) is 10.9. The number of hydrogen-bond donors (Lipinski definition) is 3. The molecule has 0 spiro atoms. The number of aliphatic imine (C=N–C) groups is 4. The van der Waals surface area contributed by atoms with Gasteiger partial charge in [0.1, 0.15) is 30.4 Å². The molecule has 4 unspecified atom stereocenters. The number of ether oxygens (including phenoxy) is 2. The third-order valence-electron chi connectivity index (χ3n) is 15.8. The number of fused-ring (bicyclic) bond motifs is 7. The van der Waals surface area contributed by atoms with Crippen molar-refractivity contribution in [1.82, 2.24) is 24.7 Å². The van der Waals surface area contributed by atoms with Gasteiger partial charge in [0, 0.05) is 54.1 Å². The Bertz CT molecular complexity index is 4020. The SMILES string of the molecule is Cc1cc(C)cc(NC(=O)CSC2=Nc3ccccc3C3=NC(C(C)C)C(=O)N23)c1.Cc1ccc(CNC(=O)C(C)SC2=Nc3ccccc3C3=NC(C(C)C)C(=O)N23)cc1.O=C(C1COc2cc(S(=O)(=O)NCc3ccccc3Cl)ccc2O1)N1CCCCCC1. The number of nitrogens with zero attached hydrogens (tertiary/aromatic N) is 7. The van der Waals surface area contributed by atoms with E-state index in [0.717, 1.165) is 83.7 Å². The summed E-state index contributed by atoms with van der Waals surface area (Å²) in [6.07, 6.45) is 3.55. The van der Waals surface area contributed by atoms with E-state index in [1.807, 2.05) is 145 Å². The van der Waals surface area contributed by atoms with E-state index in [9.17, 15) is 32.4 Å². The number of carbonyl (C=O) groups excluding carboxylic acids is 5. The lowest BCUT2D eigenvalue weighted by molar-refractivity contribution is -0.141. The van der Waals surface area contributed by atoms with Gasteiger partial charge < -0.3 is 25.0 Å². The second-order valence-electron chi connectivity index (χ2n) is 23.8. The van der Waals surface area contributed by atoms with Crippen LogP contribution in [0.1, 0.15) is 99.2 Å². The van der Waals surface area contributed by atoms with Crippen molar-refractivity contribution >= 4 is 114 Å². The maximum absolute atomic E-state index is 13.1. The smallest absolute Gasteiger partial charge is 0.267 e. The van der Waals surface area contributed by atoms with Gasteiger partial charge in [0.15, 0.2) is 21.8 Å². The predicted molar refractivity (Wildman–Crippen MR) is 365 cm³/mol. The molecule has 3 N–H and O–H groups in total. The number of aryl methyl sites for hydroxylation is 3. The quantitative estimate of drug-likeness (QED) is 0.0928. The van der Waals surface area contributed by atoms with Crippen molar-refractivity contribution in [3.05, 3.63) is 177 Å². The third kappa shape index (κ3) is 15.8. The number of sulfonamides is 1. The number of halogens is 1. The summed E-state index contributed by atoms with van der Waals surface area (Å²) < 4.78 is 39.5. The molecule has 19 nitrogen and oxygen atoms in total. The van der Waals surface area contributed by atoms with Crippen LogP contribution in [0.25, 0.3) is 0 Å². The number of thioether (sulfide) groups is 2. The average Bonchev–Trinajstić information content (AvgIpc) is 1.60. The summed E-state index contributed by atoms with van der Waals surface area (Å²) in [5, 5.41) is 6.99. The highest BCUT2D eigenvalue weighted by molar-refractivity contribution is 8.15. The van der Waals surface area contributed by atoms with Gasteiger partial charge in [0.05, 0.1) is 27.3 Å². The molecule has 0 aromatic heterocycles. The minimum absolute atomic E-state index is 0.0545. The number of benzene rings is 6. The number of rotatable bonds is 14. The second kappa shape index (κ2) is 29.6. The maximum Gasteiger partial charge on any atom is 0.267 e. The van der Waals surface area contributed by atoms with E-state index in [1.54, 1.807) is 34.1 Å². The van der Waals surface area contributed by atoms with E-state index in [0.29, 0.717) is 50.6 Å². The van der Waals surface area contributed by atoms with Crippen molar-refractivity contribution in [2.75, 3.05) is 30.8 Å². The molecule has 23 heteroatoms. The van der Waals surface area contributed by atoms with Crippen LogP contribution in [0.4, 0.5) is 17.1 Å². The number of carbonyl (C=O) groups is 5. The van der Waals surface area contributed by atoms with Crippen LogP contribution in [0.5, 0.6) is 11.5 Å². The zero-order valence-corrected chi connectivity index (χ0v) is 55.8. The summed E-state index contributed by atoms with van der Waals surface area (Å²) in [6.45, 7) is 17.9. The molecule has 480 valence electrons. The molecule has 0 saturated carbocycles. The Balaban J connectivity index is 0.000000151. The largest absolute Gasteiger partial charge is 0.485 e. The topological polar surface area (TPSA) is 233 Å². The maximum atomic E-state index is 13.1. The summed E-state index contributed by atoms with van der Waals surface area (Å²) in [4.78, 5) is 88.0. The van der Waals surface area contributed by atoms with Crippen LogP contribution in [-0.2, 0) is 47.1 Å². The molecule has 1 saturated heterocycles. The number of amides is 5. The average molecular weight is 1320 g/mol. The number of hydrogen-bond acceptors (Lipinski definition) is 15. The van der Waals surface area contributed by atoms with Crippen molar-refractivity contribution in [3.8, 4) is 11.5 Å². The summed E-state index contributed by atoms with van der Waals surface area (Å²) in [6, 6.07) is 39.9. The zero-order valence-electron chi connectivity index (χ0n) is 52.6. The standard InChI is InChI=1S/C24H26N4O2S.C23H24N4O2S.C22H25ClN2O5S/c1-14(2)20-23(30)28-21(27-20)18-7-5-6-8-19(18)26-24(28)31-16(4)22(29)25-13-17-11-9-15(3)10-12-17;1-13(2)20-22(29)27-21(26-20)17-7-5-6-8-18(17)25-23(27)30-12-19(28)24-16-10-14(3)9-15(4)11-16;23-18-8-4-3-7-16(18)14-24-31(27,28)17-9-10-19-20(13-17)29-15-21(30-19)22(26)25-11-5-1-2-6-12-25/h5-12,14,16,20H,13H2,1-4H3,(H,25,29);5-11,13,20H,12H2,1-4H3,(H,24,28);3-4,7-10,13,21,24H,1-2,5-6,11-12,14-15H2. The molecule has 0 bridgehead atoms. The molecule has 4 atom stereocenters. The molecule has 92 heavy (non-hydrogen) atoms. The van der Waals surface area contributed by atoms with Gasteiger partial charge >= 0.3 is 0 Å². The van der Waals surface area contributed by atoms with E-state index in [4.69, 9.17) is 36.1 Å². The van der Waals surface area contributed by atoms with Crippen LogP contribution in [0.2, 0.25) is 5.02 Å². The molecule has 0 radical (unpaired) electrons. The lowest BCUT2D eigenvalue weighted by Crippen LogP contribution is -2.46. The van der Waals surface area contributed by atoms with Crippen LogP contribution in [-0.4, -0.2) is 124 Å². The minimum Gasteiger partial charge on any atom is -0.485 e. The first-order chi connectivity index (χ1) is 44.1. The van der Waals surface area contributed by atoms with E-state index in [2.05, 4.69) is 26.4 Å². The molecule has 6 heterocycles. The highest BCUT2D eigenvalue weighted by Crippen LogP contribution is 2.39. The Morgan fingerprint density at radius 2 is 1.24 bits per heavy atom. The number of amidine groups is 4. The van der Waals surface area contributed by atoms with E-state index in [1.165, 1.54) is 47.3 Å². The first-order valence-electron chi connectivity index (χ1n) is 30.8. The van der Waals surface area contributed by atoms with Crippen molar-refractivity contribution < 1.29 is 41.9 Å². The van der Waals surface area contributed by atoms with Gasteiger partial charge in [-0.25, -0.2) is 32.9 Å². The van der Waals surface area contributed by atoms with Gasteiger partial charge in [-0.3, -0.25) is 34.0 Å². The number of likely N-dealkylation sites (tertiary alicyclic amines) is 1. The van der Waals surface area contributed by atoms with Gasteiger partial charge in [0.2, 0.25) is 27.9 Å². The lowest BCUT2D eigenvalue weighted by atomic mass is 10.1. The normalized spacial score (nSPS) is 18.2. The van der Waals surface area contributed by atoms with E-state index in [-0.39, 0.29) is 65.2 Å². The molecule has 0 aliphatic carbocycles. The van der Waals surface area contributed by atoms with Gasteiger partial charge in [-0.05, 0) is 129 Å². The molecule has 12 rings (SSSR count). The Morgan fingerprint density at radius 3 is 1.85 bits per heavy atom. The van der Waals surface area contributed by atoms with Crippen LogP contribution < -0.4 is 24.8 Å². The van der Waals surface area contributed by atoms with Crippen LogP contribution in [0, 0.1) is 32.6 Å². The van der Waals surface area contributed by atoms with E-state index < -0.39 is 33.5 Å². The minimum atomic E-state index is -3.78. The third-order valence-corrected chi connectivity index (χ3v) is 19.6. The van der Waals surface area contributed by atoms with Gasteiger partial charge in [-0.2, -0.15) is 0 Å². The van der Waals surface area contributed by atoms with Crippen molar-refractivity contribution in [3.63, 3.8) is 0 Å². The fourth-order valence-corrected chi connectivity index (χ4v) is 13.9. The monoisotopic (exact) mass is 1320 g/mol. The lowest BCUT2D eigenvalue weighted by Gasteiger charge is -2.30. The predicted octanol–water partition coefficient (Wildman–Crippen LogP) is 11.7. The van der Waals surface area contributed by atoms with Gasteiger partial charge in [0.25, 0.3) is 17.7 Å². The number of nitrogens with one attached hydrogen (secondary N) is 3. The fraction of sp³-hybridized carbons (Fsp3) is 0.348.